The van der Waals surface area contributed by atoms with E-state index in [4.69, 9.17) is 0 Å². The molecule has 0 saturated carbocycles. The maximum Gasteiger partial charge on any atom is 0.269 e. The van der Waals surface area contributed by atoms with E-state index in [1.807, 2.05) is 6.92 Å². The third-order valence-electron chi connectivity index (χ3n) is 3.66. The summed E-state index contributed by atoms with van der Waals surface area (Å²) in [5, 5.41) is 17.7. The van der Waals surface area contributed by atoms with E-state index in [-0.39, 0.29) is 11.6 Å². The molecule has 0 aliphatic carbocycles. The lowest BCUT2D eigenvalue weighted by atomic mass is 10.2. The monoisotopic (exact) mass is 337 g/mol. The standard InChI is InChI=1S/C17H15N5O3/c1-11-3-8-15(12(2)19-11)17(23)20-16-9-10-18-21(16)13-4-6-14(7-5-13)22(24)25/h3-10H,1-2H3,(H,20,23). The van der Waals surface area contributed by atoms with Crippen molar-refractivity contribution < 1.29 is 9.72 Å². The molecule has 25 heavy (non-hydrogen) atoms. The van der Waals surface area contributed by atoms with Crippen molar-refractivity contribution in [2.24, 2.45) is 0 Å². The van der Waals surface area contributed by atoms with Gasteiger partial charge in [-0.15, -0.1) is 0 Å². The number of carbonyl (C=O) groups excluding carboxylic acids is 1. The van der Waals surface area contributed by atoms with Gasteiger partial charge in [-0.1, -0.05) is 0 Å². The molecule has 0 bridgehead atoms. The van der Waals surface area contributed by atoms with Crippen LogP contribution in [0.4, 0.5) is 11.5 Å². The summed E-state index contributed by atoms with van der Waals surface area (Å²) in [6.07, 6.45) is 1.54. The lowest BCUT2D eigenvalue weighted by Gasteiger charge is -2.10. The zero-order valence-electron chi connectivity index (χ0n) is 13.6. The number of pyridine rings is 1. The van der Waals surface area contributed by atoms with Crippen molar-refractivity contribution in [3.05, 3.63) is 75.7 Å². The van der Waals surface area contributed by atoms with Gasteiger partial charge < -0.3 is 5.32 Å². The summed E-state index contributed by atoms with van der Waals surface area (Å²) in [5.41, 5.74) is 2.54. The van der Waals surface area contributed by atoms with Gasteiger partial charge in [-0.3, -0.25) is 19.9 Å². The number of amides is 1. The van der Waals surface area contributed by atoms with Crippen molar-refractivity contribution in [1.29, 1.82) is 0 Å². The number of aromatic nitrogens is 3. The number of nitrogens with zero attached hydrogens (tertiary/aromatic N) is 4. The van der Waals surface area contributed by atoms with E-state index in [2.05, 4.69) is 15.4 Å². The van der Waals surface area contributed by atoms with Gasteiger partial charge in [-0.25, -0.2) is 4.68 Å². The molecule has 3 aromatic rings. The molecule has 0 radical (unpaired) electrons. The lowest BCUT2D eigenvalue weighted by molar-refractivity contribution is -0.384. The number of aryl methyl sites for hydroxylation is 2. The van der Waals surface area contributed by atoms with Crippen LogP contribution in [0.5, 0.6) is 0 Å². The maximum atomic E-state index is 12.5. The lowest BCUT2D eigenvalue weighted by Crippen LogP contribution is -2.17. The Morgan fingerprint density at radius 2 is 1.84 bits per heavy atom. The topological polar surface area (TPSA) is 103 Å². The SMILES string of the molecule is Cc1ccc(C(=O)Nc2ccnn2-c2ccc([N+](=O)[O-])cc2)c(C)n1. The fraction of sp³-hybridized carbons (Fsp3) is 0.118. The Labute approximate surface area is 143 Å². The summed E-state index contributed by atoms with van der Waals surface area (Å²) < 4.78 is 1.50. The zero-order valence-corrected chi connectivity index (χ0v) is 13.6. The summed E-state index contributed by atoms with van der Waals surface area (Å²) >= 11 is 0. The van der Waals surface area contributed by atoms with Crippen LogP contribution < -0.4 is 5.32 Å². The molecule has 0 atom stereocenters. The highest BCUT2D eigenvalue weighted by atomic mass is 16.6. The van der Waals surface area contributed by atoms with Crippen molar-refractivity contribution in [3.63, 3.8) is 0 Å². The Morgan fingerprint density at radius 1 is 1.12 bits per heavy atom. The van der Waals surface area contributed by atoms with Gasteiger partial charge in [0.15, 0.2) is 0 Å². The summed E-state index contributed by atoms with van der Waals surface area (Å²) in [6, 6.07) is 11.1. The third-order valence-corrected chi connectivity index (χ3v) is 3.66. The average molecular weight is 337 g/mol. The Hall–Kier alpha value is -3.55. The number of non-ortho nitro benzene ring substituents is 1. The van der Waals surface area contributed by atoms with Crippen LogP contribution in [-0.4, -0.2) is 25.6 Å². The van der Waals surface area contributed by atoms with Crippen LogP contribution in [0.1, 0.15) is 21.7 Å². The molecule has 3 rings (SSSR count). The first kappa shape index (κ1) is 16.3. The first-order chi connectivity index (χ1) is 12.0. The Balaban J connectivity index is 1.86. The number of benzene rings is 1. The number of hydrogen-bond donors (Lipinski definition) is 1. The molecule has 0 aliphatic heterocycles. The highest BCUT2D eigenvalue weighted by Crippen LogP contribution is 2.19. The Bertz CT molecular complexity index is 947. The van der Waals surface area contributed by atoms with Gasteiger partial charge in [0.25, 0.3) is 11.6 Å². The molecule has 0 unspecified atom stereocenters. The number of nitro benzene ring substituents is 1. The van der Waals surface area contributed by atoms with E-state index in [0.717, 1.165) is 5.69 Å². The molecular formula is C17H15N5O3. The number of rotatable bonds is 4. The van der Waals surface area contributed by atoms with Crippen molar-refractivity contribution in [1.82, 2.24) is 14.8 Å². The normalized spacial score (nSPS) is 10.5. The first-order valence-corrected chi connectivity index (χ1v) is 7.50. The van der Waals surface area contributed by atoms with Gasteiger partial charge in [0, 0.05) is 23.9 Å². The van der Waals surface area contributed by atoms with E-state index in [1.54, 1.807) is 37.3 Å². The smallest absolute Gasteiger partial charge is 0.269 e. The third kappa shape index (κ3) is 3.37. The van der Waals surface area contributed by atoms with Crippen LogP contribution >= 0.6 is 0 Å². The number of anilines is 1. The second kappa shape index (κ2) is 6.52. The first-order valence-electron chi connectivity index (χ1n) is 7.50. The molecular weight excluding hydrogens is 322 g/mol. The predicted octanol–water partition coefficient (Wildman–Crippen LogP) is 3.04. The van der Waals surface area contributed by atoms with Gasteiger partial charge in [0.05, 0.1) is 28.1 Å². The van der Waals surface area contributed by atoms with Crippen molar-refractivity contribution >= 4 is 17.4 Å². The molecule has 0 fully saturated rings. The molecule has 1 amide bonds. The van der Waals surface area contributed by atoms with E-state index in [9.17, 15) is 14.9 Å². The van der Waals surface area contributed by atoms with Crippen LogP contribution in [0.15, 0.2) is 48.7 Å². The molecule has 2 heterocycles. The zero-order chi connectivity index (χ0) is 18.0. The summed E-state index contributed by atoms with van der Waals surface area (Å²) in [5.74, 6) is 0.160. The minimum atomic E-state index is -0.470. The van der Waals surface area contributed by atoms with Gasteiger partial charge in [-0.05, 0) is 38.1 Å². The second-order valence-electron chi connectivity index (χ2n) is 5.44. The highest BCUT2D eigenvalue weighted by molar-refractivity contribution is 6.04. The van der Waals surface area contributed by atoms with Crippen LogP contribution in [0.2, 0.25) is 0 Å². The fourth-order valence-corrected chi connectivity index (χ4v) is 2.43. The Morgan fingerprint density at radius 3 is 2.48 bits per heavy atom. The van der Waals surface area contributed by atoms with Crippen LogP contribution in [0.25, 0.3) is 5.69 Å². The number of carbonyl (C=O) groups is 1. The number of nitro groups is 1. The molecule has 2 aromatic heterocycles. The van der Waals surface area contributed by atoms with E-state index >= 15 is 0 Å². The van der Waals surface area contributed by atoms with Crippen molar-refractivity contribution in [2.75, 3.05) is 5.32 Å². The molecule has 0 aliphatic rings. The number of hydrogen-bond acceptors (Lipinski definition) is 5. The summed E-state index contributed by atoms with van der Waals surface area (Å²) in [6.45, 7) is 3.63. The molecule has 8 nitrogen and oxygen atoms in total. The second-order valence-corrected chi connectivity index (χ2v) is 5.44. The minimum absolute atomic E-state index is 0.0113. The highest BCUT2D eigenvalue weighted by Gasteiger charge is 2.14. The molecule has 1 aromatic carbocycles. The van der Waals surface area contributed by atoms with Crippen LogP contribution in [0.3, 0.4) is 0 Å². The molecule has 126 valence electrons. The fourth-order valence-electron chi connectivity index (χ4n) is 2.43. The molecule has 0 saturated heterocycles. The summed E-state index contributed by atoms with van der Waals surface area (Å²) in [7, 11) is 0. The maximum absolute atomic E-state index is 12.5. The van der Waals surface area contributed by atoms with Crippen molar-refractivity contribution in [2.45, 2.75) is 13.8 Å². The quantitative estimate of drug-likeness (QED) is 0.582. The van der Waals surface area contributed by atoms with Gasteiger partial charge in [-0.2, -0.15) is 5.10 Å². The summed E-state index contributed by atoms with van der Waals surface area (Å²) in [4.78, 5) is 27.0. The Kier molecular flexibility index (Phi) is 4.25. The van der Waals surface area contributed by atoms with E-state index < -0.39 is 4.92 Å². The molecule has 1 N–H and O–H groups in total. The largest absolute Gasteiger partial charge is 0.306 e. The van der Waals surface area contributed by atoms with Gasteiger partial charge >= 0.3 is 0 Å². The van der Waals surface area contributed by atoms with Crippen LogP contribution in [-0.2, 0) is 0 Å². The minimum Gasteiger partial charge on any atom is -0.306 e. The van der Waals surface area contributed by atoms with Crippen molar-refractivity contribution in [3.8, 4) is 5.69 Å². The average Bonchev–Trinajstić information content (AvgIpc) is 3.02. The van der Waals surface area contributed by atoms with Crippen LogP contribution in [0, 0.1) is 24.0 Å². The van der Waals surface area contributed by atoms with Gasteiger partial charge in [0.1, 0.15) is 5.82 Å². The van der Waals surface area contributed by atoms with Gasteiger partial charge in [0.2, 0.25) is 0 Å². The van der Waals surface area contributed by atoms with E-state index in [0.29, 0.717) is 22.8 Å². The van der Waals surface area contributed by atoms with E-state index in [1.165, 1.54) is 23.0 Å². The molecule has 0 spiro atoms. The number of nitrogens with one attached hydrogen (secondary N) is 1. The molecule has 8 heteroatoms. The predicted molar refractivity (Wildman–Crippen MR) is 91.9 cm³/mol.